The molecule has 0 aromatic heterocycles. The maximum Gasteiger partial charge on any atom is 0.0326 e. The van der Waals surface area contributed by atoms with E-state index in [0.29, 0.717) is 11.5 Å². The van der Waals surface area contributed by atoms with Crippen LogP contribution in [0.25, 0.3) is 0 Å². The Morgan fingerprint density at radius 2 is 2.00 bits per heavy atom. The van der Waals surface area contributed by atoms with Crippen molar-refractivity contribution in [3.05, 3.63) is 35.4 Å². The van der Waals surface area contributed by atoms with E-state index in [9.17, 15) is 0 Å². The summed E-state index contributed by atoms with van der Waals surface area (Å²) in [5, 5.41) is 3.80. The van der Waals surface area contributed by atoms with Crippen LogP contribution in [0.2, 0.25) is 0 Å². The molecule has 0 amide bonds. The molecule has 0 heterocycles. The Hall–Kier alpha value is -0.820. The summed E-state index contributed by atoms with van der Waals surface area (Å²) in [6.07, 6.45) is 7.90. The molecule has 0 saturated carbocycles. The van der Waals surface area contributed by atoms with Crippen LogP contribution in [0.4, 0.5) is 0 Å². The van der Waals surface area contributed by atoms with E-state index in [2.05, 4.69) is 50.4 Å². The van der Waals surface area contributed by atoms with Crippen LogP contribution in [0.1, 0.15) is 70.0 Å². The summed E-state index contributed by atoms with van der Waals surface area (Å²) in [7, 11) is 0. The molecule has 1 unspecified atom stereocenters. The van der Waals surface area contributed by atoms with E-state index in [-0.39, 0.29) is 0 Å². The number of rotatable bonds is 7. The minimum Gasteiger partial charge on any atom is -0.309 e. The van der Waals surface area contributed by atoms with E-state index in [1.807, 2.05) is 0 Å². The summed E-state index contributed by atoms with van der Waals surface area (Å²) in [4.78, 5) is 0. The third-order valence-corrected chi connectivity index (χ3v) is 4.42. The molecule has 19 heavy (non-hydrogen) atoms. The van der Waals surface area contributed by atoms with Crippen molar-refractivity contribution in [3.63, 3.8) is 0 Å². The quantitative estimate of drug-likeness (QED) is 0.689. The molecule has 1 N–H and O–H groups in total. The van der Waals surface area contributed by atoms with Crippen molar-refractivity contribution in [2.24, 2.45) is 5.41 Å². The highest BCUT2D eigenvalue weighted by molar-refractivity contribution is 5.34. The Balaban J connectivity index is 1.83. The van der Waals surface area contributed by atoms with Gasteiger partial charge in [-0.15, -0.1) is 0 Å². The zero-order valence-corrected chi connectivity index (χ0v) is 12.8. The second-order valence-electron chi connectivity index (χ2n) is 6.79. The number of nitrogens with one attached hydrogen (secondary N) is 1. The molecule has 1 nitrogen and oxygen atoms in total. The molecule has 0 radical (unpaired) electrons. The Bertz CT molecular complexity index is 394. The van der Waals surface area contributed by atoms with Crippen LogP contribution in [0.5, 0.6) is 0 Å². The van der Waals surface area contributed by atoms with Gasteiger partial charge in [0.25, 0.3) is 0 Å². The van der Waals surface area contributed by atoms with Crippen molar-refractivity contribution in [2.45, 2.75) is 65.3 Å². The standard InChI is InChI=1S/C18H29N/c1-4-5-8-13-18(2,3)14-19-17-12-11-15-9-6-7-10-16(15)17/h6-7,9-10,17,19H,4-5,8,11-14H2,1-3H3. The maximum atomic E-state index is 3.80. The van der Waals surface area contributed by atoms with Crippen molar-refractivity contribution in [2.75, 3.05) is 6.54 Å². The summed E-state index contributed by atoms with van der Waals surface area (Å²) in [5.74, 6) is 0. The number of unbranched alkanes of at least 4 members (excludes halogenated alkanes) is 2. The molecule has 0 bridgehead atoms. The Kier molecular flexibility index (Phi) is 5.04. The van der Waals surface area contributed by atoms with Gasteiger partial charge >= 0.3 is 0 Å². The van der Waals surface area contributed by atoms with Gasteiger partial charge in [0.1, 0.15) is 0 Å². The first-order chi connectivity index (χ1) is 9.12. The van der Waals surface area contributed by atoms with Gasteiger partial charge in [0.15, 0.2) is 0 Å². The van der Waals surface area contributed by atoms with E-state index in [1.165, 1.54) is 44.1 Å². The fourth-order valence-electron chi connectivity index (χ4n) is 3.11. The van der Waals surface area contributed by atoms with Gasteiger partial charge in [0.05, 0.1) is 0 Å². The second kappa shape index (κ2) is 6.56. The molecule has 1 heteroatoms. The third-order valence-electron chi connectivity index (χ3n) is 4.42. The predicted molar refractivity (Wildman–Crippen MR) is 83.4 cm³/mol. The number of benzene rings is 1. The Morgan fingerprint density at radius 3 is 2.79 bits per heavy atom. The lowest BCUT2D eigenvalue weighted by Crippen LogP contribution is -2.31. The van der Waals surface area contributed by atoms with Crippen LogP contribution >= 0.6 is 0 Å². The molecule has 106 valence electrons. The fourth-order valence-corrected chi connectivity index (χ4v) is 3.11. The SMILES string of the molecule is CCCCCC(C)(C)CNC1CCc2ccccc21. The molecule has 1 aromatic carbocycles. The smallest absolute Gasteiger partial charge is 0.0326 e. The maximum absolute atomic E-state index is 3.80. The monoisotopic (exact) mass is 259 g/mol. The van der Waals surface area contributed by atoms with Crippen LogP contribution in [-0.4, -0.2) is 6.54 Å². The molecule has 1 aromatic rings. The van der Waals surface area contributed by atoms with Gasteiger partial charge in [0, 0.05) is 12.6 Å². The van der Waals surface area contributed by atoms with Gasteiger partial charge in [0.2, 0.25) is 0 Å². The molecule has 1 atom stereocenters. The zero-order valence-electron chi connectivity index (χ0n) is 12.8. The highest BCUT2D eigenvalue weighted by Crippen LogP contribution is 2.32. The molecular formula is C18H29N. The molecule has 0 aliphatic heterocycles. The molecule has 0 fully saturated rings. The number of hydrogen-bond acceptors (Lipinski definition) is 1. The largest absolute Gasteiger partial charge is 0.309 e. The molecule has 1 aliphatic carbocycles. The van der Waals surface area contributed by atoms with Gasteiger partial charge in [-0.05, 0) is 35.8 Å². The lowest BCUT2D eigenvalue weighted by atomic mass is 9.86. The first kappa shape index (κ1) is 14.6. The van der Waals surface area contributed by atoms with Gasteiger partial charge < -0.3 is 5.32 Å². The highest BCUT2D eigenvalue weighted by atomic mass is 14.9. The highest BCUT2D eigenvalue weighted by Gasteiger charge is 2.24. The van der Waals surface area contributed by atoms with Crippen molar-refractivity contribution in [3.8, 4) is 0 Å². The van der Waals surface area contributed by atoms with E-state index >= 15 is 0 Å². The molecule has 2 rings (SSSR count). The third kappa shape index (κ3) is 4.07. The summed E-state index contributed by atoms with van der Waals surface area (Å²) in [6, 6.07) is 9.50. The molecular weight excluding hydrogens is 230 g/mol. The van der Waals surface area contributed by atoms with E-state index in [1.54, 1.807) is 5.56 Å². The average molecular weight is 259 g/mol. The number of fused-ring (bicyclic) bond motifs is 1. The van der Waals surface area contributed by atoms with Crippen LogP contribution in [0.3, 0.4) is 0 Å². The summed E-state index contributed by atoms with van der Waals surface area (Å²) in [5.41, 5.74) is 3.50. The van der Waals surface area contributed by atoms with Gasteiger partial charge in [-0.1, -0.05) is 64.3 Å². The first-order valence-corrected chi connectivity index (χ1v) is 7.93. The predicted octanol–water partition coefficient (Wildman–Crippen LogP) is 4.87. The lowest BCUT2D eigenvalue weighted by Gasteiger charge is -2.27. The summed E-state index contributed by atoms with van der Waals surface area (Å²) < 4.78 is 0. The summed E-state index contributed by atoms with van der Waals surface area (Å²) in [6.45, 7) is 8.21. The number of aryl methyl sites for hydroxylation is 1. The fraction of sp³-hybridized carbons (Fsp3) is 0.667. The Labute approximate surface area is 118 Å². The van der Waals surface area contributed by atoms with Gasteiger partial charge in [-0.3, -0.25) is 0 Å². The number of hydrogen-bond donors (Lipinski definition) is 1. The minimum atomic E-state index is 0.423. The van der Waals surface area contributed by atoms with E-state index < -0.39 is 0 Å². The normalized spacial score (nSPS) is 18.6. The van der Waals surface area contributed by atoms with Crippen molar-refractivity contribution in [1.82, 2.24) is 5.32 Å². The van der Waals surface area contributed by atoms with Gasteiger partial charge in [-0.2, -0.15) is 0 Å². The average Bonchev–Trinajstić information content (AvgIpc) is 2.80. The topological polar surface area (TPSA) is 12.0 Å². The first-order valence-electron chi connectivity index (χ1n) is 7.93. The molecule has 1 aliphatic rings. The van der Waals surface area contributed by atoms with Crippen molar-refractivity contribution in [1.29, 1.82) is 0 Å². The van der Waals surface area contributed by atoms with E-state index in [4.69, 9.17) is 0 Å². The molecule has 0 spiro atoms. The Morgan fingerprint density at radius 1 is 1.21 bits per heavy atom. The van der Waals surface area contributed by atoms with Crippen molar-refractivity contribution >= 4 is 0 Å². The van der Waals surface area contributed by atoms with Gasteiger partial charge in [-0.25, -0.2) is 0 Å². The van der Waals surface area contributed by atoms with Crippen molar-refractivity contribution < 1.29 is 0 Å². The lowest BCUT2D eigenvalue weighted by molar-refractivity contribution is 0.287. The molecule has 0 saturated heterocycles. The van der Waals surface area contributed by atoms with E-state index in [0.717, 1.165) is 6.54 Å². The second-order valence-corrected chi connectivity index (χ2v) is 6.79. The summed E-state index contributed by atoms with van der Waals surface area (Å²) >= 11 is 0. The van der Waals surface area contributed by atoms with Crippen LogP contribution in [0.15, 0.2) is 24.3 Å². The zero-order chi connectivity index (χ0) is 13.7. The van der Waals surface area contributed by atoms with Crippen LogP contribution in [-0.2, 0) is 6.42 Å². The minimum absolute atomic E-state index is 0.423. The van der Waals surface area contributed by atoms with Crippen LogP contribution in [0, 0.1) is 5.41 Å². The van der Waals surface area contributed by atoms with Crippen LogP contribution < -0.4 is 5.32 Å².